The van der Waals surface area contributed by atoms with Crippen LogP contribution in [0, 0.1) is 5.92 Å². The highest BCUT2D eigenvalue weighted by Crippen LogP contribution is 2.41. The molecule has 432 valence electrons. The molecule has 10 amide bonds. The molecule has 4 aliphatic heterocycles. The highest BCUT2D eigenvalue weighted by atomic mass is 35.5. The second-order valence-electron chi connectivity index (χ2n) is 20.3. The lowest BCUT2D eigenvalue weighted by Gasteiger charge is -2.38. The van der Waals surface area contributed by atoms with Crippen molar-refractivity contribution in [3.63, 3.8) is 0 Å². The number of anilines is 2. The van der Waals surface area contributed by atoms with Gasteiger partial charge in [0.25, 0.3) is 17.7 Å². The number of imide groups is 1. The summed E-state index contributed by atoms with van der Waals surface area (Å²) in [4.78, 5) is 132. The van der Waals surface area contributed by atoms with E-state index in [0.29, 0.717) is 37.1 Å². The third-order valence-corrected chi connectivity index (χ3v) is 14.6. The minimum atomic E-state index is -1.65. The summed E-state index contributed by atoms with van der Waals surface area (Å²) in [7, 11) is 4.38. The normalized spacial score (nSPS) is 23.6. The molecule has 8 N–H and O–H groups in total. The summed E-state index contributed by atoms with van der Waals surface area (Å²) in [5.74, 6) is -4.69. The standard InChI is InChI=1S/C55H70ClN9O15/c1-31-13-9-10-22-55(76)29-41(79-54(75)62-55)32(2)48-49(80-48)40(28-46(70)64(5)38-26-34(25-31)27-39(77-6)47(38)56)78-52(73)33(3)63(4)51(72)35-16-18-36(19-17-35)60-50(71)37(14-12-23-58-53(57)74)61-43(67)30-59-42(66)15-8-7-11-24-65-44(68)20-21-45(65)69/h9-10,13,16-21,26-27,32-33,37,40-41,48-49,76H,7-8,11-12,14-15,22-25,28-30H2,1-6H3,(H,59,66)(H,60,71)(H,61,67)(H,62,75)(H3,57,58,74)/b10-9+,31-13+/t32-,33+,37?,40+,41?,48?,49?,55-/m1/s1. The Bertz CT molecular complexity index is 2770. The van der Waals surface area contributed by atoms with Crippen LogP contribution in [0.3, 0.4) is 0 Å². The molecule has 80 heavy (non-hydrogen) atoms. The van der Waals surface area contributed by atoms with Gasteiger partial charge in [0.05, 0.1) is 31.9 Å². The van der Waals surface area contributed by atoms with Gasteiger partial charge in [-0.2, -0.15) is 0 Å². The summed E-state index contributed by atoms with van der Waals surface area (Å²) in [5.41, 5.74) is 5.93. The third-order valence-electron chi connectivity index (χ3n) is 14.2. The predicted octanol–water partition coefficient (Wildman–Crippen LogP) is 3.29. The Morgan fingerprint density at radius 2 is 1.70 bits per heavy atom. The van der Waals surface area contributed by atoms with Crippen molar-refractivity contribution in [2.24, 2.45) is 11.7 Å². The van der Waals surface area contributed by atoms with E-state index in [1.165, 1.54) is 69.4 Å². The summed E-state index contributed by atoms with van der Waals surface area (Å²) < 4.78 is 23.4. The van der Waals surface area contributed by atoms with Crippen LogP contribution in [0.4, 0.5) is 21.0 Å². The van der Waals surface area contributed by atoms with E-state index in [1.54, 1.807) is 31.2 Å². The van der Waals surface area contributed by atoms with Gasteiger partial charge < -0.3 is 60.9 Å². The number of carbonyl (C=O) groups excluding carboxylic acids is 10. The monoisotopic (exact) mass is 1130 g/mol. The lowest BCUT2D eigenvalue weighted by molar-refractivity contribution is -0.155. The molecule has 8 atom stereocenters. The number of halogens is 1. The van der Waals surface area contributed by atoms with Crippen LogP contribution < -0.4 is 42.0 Å². The average molecular weight is 1130 g/mol. The van der Waals surface area contributed by atoms with Crippen LogP contribution in [0.1, 0.15) is 94.5 Å². The van der Waals surface area contributed by atoms with Crippen molar-refractivity contribution in [1.29, 1.82) is 0 Å². The second-order valence-corrected chi connectivity index (χ2v) is 20.7. The van der Waals surface area contributed by atoms with Gasteiger partial charge in [0, 0.05) is 75.8 Å². The topological polar surface area (TPSA) is 327 Å². The number of amides is 10. The largest absolute Gasteiger partial charge is 0.495 e. The predicted molar refractivity (Wildman–Crippen MR) is 291 cm³/mol. The zero-order chi connectivity index (χ0) is 58.4. The fraction of sp³-hybridized carbons (Fsp3) is 0.491. The minimum absolute atomic E-state index is 0.00577. The number of esters is 1. The zero-order valence-electron chi connectivity index (χ0n) is 45.5. The number of alkyl carbamates (subject to hydrolysis) is 1. The van der Waals surface area contributed by atoms with Crippen molar-refractivity contribution in [3.8, 4) is 5.75 Å². The van der Waals surface area contributed by atoms with Gasteiger partial charge in [-0.05, 0) is 87.9 Å². The van der Waals surface area contributed by atoms with Crippen molar-refractivity contribution in [1.82, 2.24) is 31.1 Å². The van der Waals surface area contributed by atoms with Gasteiger partial charge in [-0.25, -0.2) is 14.4 Å². The maximum Gasteiger partial charge on any atom is 0.409 e. The molecule has 4 unspecified atom stereocenters. The summed E-state index contributed by atoms with van der Waals surface area (Å²) in [6.45, 7) is 5.02. The Hall–Kier alpha value is -7.83. The number of nitrogens with zero attached hydrogens (tertiary/aromatic N) is 3. The SMILES string of the molecule is COc1cc2cc(c1Cl)N(C)C(=O)C[C@H](OC(=O)[C@H](C)N(C)C(=O)c1ccc(NC(=O)C(CCCNC(N)=O)NC(=O)CNC(=O)CCCCCN3C(=O)C=CC3=O)cc1)C1OC1[C@H](C)C1C[C@](O)(C/C=C/C=C(\C)C2)NC(=O)O1. The Morgan fingerprint density at radius 3 is 2.39 bits per heavy atom. The number of allylic oxidation sites excluding steroid dienone is 3. The van der Waals surface area contributed by atoms with Gasteiger partial charge >= 0.3 is 18.1 Å². The number of nitrogens with two attached hydrogens (primary N) is 1. The van der Waals surface area contributed by atoms with Gasteiger partial charge in [0.2, 0.25) is 23.6 Å². The van der Waals surface area contributed by atoms with E-state index in [-0.39, 0.29) is 73.3 Å². The Balaban J connectivity index is 1.09. The van der Waals surface area contributed by atoms with Crippen molar-refractivity contribution in [3.05, 3.63) is 88.5 Å². The molecule has 0 radical (unpaired) electrons. The molecule has 0 aliphatic carbocycles. The van der Waals surface area contributed by atoms with E-state index < -0.39 is 109 Å². The van der Waals surface area contributed by atoms with Gasteiger partial charge in [-0.15, -0.1) is 0 Å². The van der Waals surface area contributed by atoms with E-state index >= 15 is 0 Å². The lowest BCUT2D eigenvalue weighted by atomic mass is 9.88. The molecule has 24 nitrogen and oxygen atoms in total. The summed E-state index contributed by atoms with van der Waals surface area (Å²) in [5, 5.41) is 24.4. The van der Waals surface area contributed by atoms with E-state index in [9.17, 15) is 53.1 Å². The number of hydrogen-bond donors (Lipinski definition) is 7. The Morgan fingerprint density at radius 1 is 0.988 bits per heavy atom. The van der Waals surface area contributed by atoms with Gasteiger partial charge in [0.1, 0.15) is 46.9 Å². The van der Waals surface area contributed by atoms with Crippen LogP contribution in [0.25, 0.3) is 0 Å². The number of likely N-dealkylation sites (N-methyl/N-ethyl adjacent to an activating group) is 1. The van der Waals surface area contributed by atoms with Crippen molar-refractivity contribution in [2.45, 2.75) is 127 Å². The fourth-order valence-corrected chi connectivity index (χ4v) is 9.66. The summed E-state index contributed by atoms with van der Waals surface area (Å²) in [6, 6.07) is 6.11. The van der Waals surface area contributed by atoms with Crippen LogP contribution in [0.15, 0.2) is 72.4 Å². The Kier molecular flexibility index (Phi) is 21.4. The maximum atomic E-state index is 14.3. The first kappa shape index (κ1) is 61.4. The molecular weight excluding hydrogens is 1060 g/mol. The number of carbonyl (C=O) groups is 10. The van der Waals surface area contributed by atoms with Crippen LogP contribution >= 0.6 is 11.6 Å². The Labute approximate surface area is 468 Å². The van der Waals surface area contributed by atoms with E-state index in [4.69, 9.17) is 36.3 Å². The smallest absolute Gasteiger partial charge is 0.409 e. The maximum absolute atomic E-state index is 14.3. The van der Waals surface area contributed by atoms with Crippen LogP contribution in [-0.4, -0.2) is 157 Å². The lowest BCUT2D eigenvalue weighted by Crippen LogP contribution is -2.57. The molecule has 25 heteroatoms. The number of nitrogens with one attached hydrogen (secondary N) is 5. The molecule has 4 bridgehead atoms. The number of urea groups is 1. The van der Waals surface area contributed by atoms with Gasteiger partial charge in [-0.1, -0.05) is 48.7 Å². The highest BCUT2D eigenvalue weighted by Gasteiger charge is 2.55. The van der Waals surface area contributed by atoms with Gasteiger partial charge in [0.15, 0.2) is 0 Å². The van der Waals surface area contributed by atoms with Crippen LogP contribution in [0.5, 0.6) is 5.75 Å². The number of ether oxygens (including phenoxy) is 4. The number of unbranched alkanes of at least 4 members (excludes halogenated alkanes) is 2. The van der Waals surface area contributed by atoms with E-state index in [1.807, 2.05) is 13.0 Å². The quantitative estimate of drug-likeness (QED) is 0.0433. The first-order valence-corrected chi connectivity index (χ1v) is 26.7. The highest BCUT2D eigenvalue weighted by molar-refractivity contribution is 6.35. The zero-order valence-corrected chi connectivity index (χ0v) is 46.3. The number of fused-ring (bicyclic) bond motifs is 5. The van der Waals surface area contributed by atoms with Gasteiger partial charge in [-0.3, -0.25) is 43.8 Å². The third kappa shape index (κ3) is 16.8. The fourth-order valence-electron chi connectivity index (χ4n) is 9.35. The molecule has 2 aromatic rings. The number of hydrogen-bond acceptors (Lipinski definition) is 15. The molecule has 2 aromatic carbocycles. The molecule has 4 heterocycles. The van der Waals surface area contributed by atoms with Crippen molar-refractivity contribution in [2.75, 3.05) is 51.1 Å². The number of epoxide rings is 1. The molecule has 0 spiro atoms. The van der Waals surface area contributed by atoms with Crippen molar-refractivity contribution >= 4 is 82.4 Å². The first-order chi connectivity index (χ1) is 38.0. The number of rotatable bonds is 20. The molecule has 2 fully saturated rings. The average Bonchev–Trinajstić information content (AvgIpc) is 4.15. The molecule has 2 saturated heterocycles. The van der Waals surface area contributed by atoms with Crippen LogP contribution in [-0.2, 0) is 54.2 Å². The number of aliphatic hydroxyl groups is 1. The van der Waals surface area contributed by atoms with E-state index in [0.717, 1.165) is 20.9 Å². The summed E-state index contributed by atoms with van der Waals surface area (Å²) >= 11 is 6.79. The number of methoxy groups -OCH3 is 1. The molecule has 0 aromatic heterocycles. The van der Waals surface area contributed by atoms with Crippen molar-refractivity contribution < 1.29 is 72.0 Å². The summed E-state index contributed by atoms with van der Waals surface area (Å²) in [6.07, 6.45) is 5.38. The molecule has 0 saturated carbocycles. The molecule has 6 rings (SSSR count). The first-order valence-electron chi connectivity index (χ1n) is 26.3. The minimum Gasteiger partial charge on any atom is -0.495 e. The molecule has 4 aliphatic rings. The molecular formula is C55H70ClN9O15. The number of benzene rings is 2. The second kappa shape index (κ2) is 27.9. The van der Waals surface area contributed by atoms with Crippen LogP contribution in [0.2, 0.25) is 5.02 Å². The van der Waals surface area contributed by atoms with E-state index in [2.05, 4.69) is 26.6 Å². The number of primary amides is 1.